The van der Waals surface area contributed by atoms with Gasteiger partial charge in [0.25, 0.3) is 0 Å². The fourth-order valence-corrected chi connectivity index (χ4v) is 3.58. The molecule has 0 atom stereocenters. The van der Waals surface area contributed by atoms with E-state index in [2.05, 4.69) is 22.8 Å². The molecule has 0 fully saturated rings. The van der Waals surface area contributed by atoms with Crippen LogP contribution in [-0.2, 0) is 19.6 Å². The first-order valence-corrected chi connectivity index (χ1v) is 9.04. The molecule has 4 N–H and O–H groups in total. The van der Waals surface area contributed by atoms with Gasteiger partial charge >= 0.3 is 0 Å². The van der Waals surface area contributed by atoms with Gasteiger partial charge in [0.15, 0.2) is 0 Å². The van der Waals surface area contributed by atoms with Gasteiger partial charge in [0.1, 0.15) is 11.6 Å². The number of benzene rings is 2. The average molecular weight is 356 g/mol. The van der Waals surface area contributed by atoms with Crippen molar-refractivity contribution in [2.75, 3.05) is 11.1 Å². The van der Waals surface area contributed by atoms with Gasteiger partial charge in [-0.05, 0) is 17.7 Å². The summed E-state index contributed by atoms with van der Waals surface area (Å²) in [6.45, 7) is 2.23. The molecule has 0 bridgehead atoms. The monoisotopic (exact) mass is 356 g/mol. The van der Waals surface area contributed by atoms with Crippen LogP contribution in [0.15, 0.2) is 60.7 Å². The predicted molar refractivity (Wildman–Crippen MR) is 108 cm³/mol. The van der Waals surface area contributed by atoms with Crippen molar-refractivity contribution in [1.82, 2.24) is 19.9 Å². The topological polar surface area (TPSA) is 80.8 Å². The number of fused-ring (bicyclic) bond motifs is 2. The van der Waals surface area contributed by atoms with E-state index in [0.717, 1.165) is 41.1 Å². The van der Waals surface area contributed by atoms with Crippen LogP contribution in [0.5, 0.6) is 0 Å². The lowest BCUT2D eigenvalue weighted by atomic mass is 10.2. The molecule has 4 aromatic rings. The van der Waals surface area contributed by atoms with Crippen LogP contribution >= 0.6 is 0 Å². The van der Waals surface area contributed by atoms with Crippen LogP contribution in [0.25, 0.3) is 16.9 Å². The van der Waals surface area contributed by atoms with Crippen LogP contribution in [0, 0.1) is 0 Å². The Morgan fingerprint density at radius 1 is 1.00 bits per heavy atom. The van der Waals surface area contributed by atoms with Crippen LogP contribution in [0.4, 0.5) is 11.6 Å². The van der Waals surface area contributed by atoms with Gasteiger partial charge in [-0.15, -0.1) is 0 Å². The van der Waals surface area contributed by atoms with E-state index in [1.54, 1.807) is 0 Å². The summed E-state index contributed by atoms with van der Waals surface area (Å²) >= 11 is 0. The molecule has 0 unspecified atom stereocenters. The number of para-hydroxylation sites is 1. The molecule has 0 saturated carbocycles. The molecule has 0 radical (unpaired) electrons. The fraction of sp³-hybridized carbons (Fsp3) is 0.143. The van der Waals surface area contributed by atoms with Gasteiger partial charge in [-0.3, -0.25) is 4.57 Å². The summed E-state index contributed by atoms with van der Waals surface area (Å²) in [5.41, 5.74) is 10.7. The van der Waals surface area contributed by atoms with Crippen molar-refractivity contribution in [2.24, 2.45) is 0 Å². The van der Waals surface area contributed by atoms with Crippen LogP contribution in [0.3, 0.4) is 0 Å². The molecule has 134 valence electrons. The number of hydrogen-bond donors (Lipinski definition) is 3. The first kappa shape index (κ1) is 15.8. The van der Waals surface area contributed by atoms with Crippen LogP contribution in [0.2, 0.25) is 0 Å². The number of rotatable bonds is 4. The molecular weight excluding hydrogens is 336 g/mol. The molecule has 6 heteroatoms. The molecular formula is C21H20N6. The van der Waals surface area contributed by atoms with E-state index >= 15 is 0 Å². The quantitative estimate of drug-likeness (QED) is 0.523. The molecule has 27 heavy (non-hydrogen) atoms. The van der Waals surface area contributed by atoms with E-state index in [9.17, 15) is 0 Å². The second-order valence-corrected chi connectivity index (χ2v) is 6.70. The molecule has 2 aromatic carbocycles. The van der Waals surface area contributed by atoms with Crippen molar-refractivity contribution in [1.29, 1.82) is 0 Å². The van der Waals surface area contributed by atoms with Crippen molar-refractivity contribution >= 4 is 22.5 Å². The summed E-state index contributed by atoms with van der Waals surface area (Å²) in [6, 6.07) is 20.4. The van der Waals surface area contributed by atoms with Crippen LogP contribution < -0.4 is 16.4 Å². The first-order chi connectivity index (χ1) is 13.3. The Morgan fingerprint density at radius 3 is 2.70 bits per heavy atom. The van der Waals surface area contributed by atoms with Gasteiger partial charge in [0, 0.05) is 30.6 Å². The zero-order valence-corrected chi connectivity index (χ0v) is 14.8. The van der Waals surface area contributed by atoms with Gasteiger partial charge in [-0.2, -0.15) is 4.98 Å². The summed E-state index contributed by atoms with van der Waals surface area (Å²) in [7, 11) is 0. The predicted octanol–water partition coefficient (Wildman–Crippen LogP) is 3.22. The maximum atomic E-state index is 6.29. The van der Waals surface area contributed by atoms with E-state index in [1.165, 1.54) is 5.56 Å². The van der Waals surface area contributed by atoms with E-state index in [0.29, 0.717) is 18.3 Å². The smallest absolute Gasteiger partial charge is 0.238 e. The number of nitrogens with one attached hydrogen (secondary N) is 2. The van der Waals surface area contributed by atoms with Crippen molar-refractivity contribution in [3.05, 3.63) is 77.5 Å². The van der Waals surface area contributed by atoms with Gasteiger partial charge in [-0.25, -0.2) is 4.98 Å². The number of hydrogen-bond acceptors (Lipinski definition) is 5. The van der Waals surface area contributed by atoms with Crippen LogP contribution in [0.1, 0.15) is 16.8 Å². The van der Waals surface area contributed by atoms with Gasteiger partial charge < -0.3 is 16.4 Å². The molecule has 0 spiro atoms. The number of anilines is 2. The zero-order chi connectivity index (χ0) is 18.2. The third-order valence-corrected chi connectivity index (χ3v) is 4.92. The minimum absolute atomic E-state index is 0.603. The minimum atomic E-state index is 0.603. The Balaban J connectivity index is 1.58. The molecule has 2 aromatic heterocycles. The maximum Gasteiger partial charge on any atom is 0.238 e. The van der Waals surface area contributed by atoms with Crippen molar-refractivity contribution in [2.45, 2.75) is 19.6 Å². The van der Waals surface area contributed by atoms with E-state index in [1.807, 2.05) is 53.1 Å². The highest BCUT2D eigenvalue weighted by Gasteiger charge is 2.21. The highest BCUT2D eigenvalue weighted by molar-refractivity contribution is 5.86. The third kappa shape index (κ3) is 2.80. The fourth-order valence-electron chi connectivity index (χ4n) is 3.58. The molecule has 0 aliphatic carbocycles. The Hall–Kier alpha value is -3.38. The van der Waals surface area contributed by atoms with Gasteiger partial charge in [-0.1, -0.05) is 48.5 Å². The van der Waals surface area contributed by atoms with Crippen molar-refractivity contribution in [3.8, 4) is 5.95 Å². The van der Waals surface area contributed by atoms with Crippen molar-refractivity contribution in [3.63, 3.8) is 0 Å². The third-order valence-electron chi connectivity index (χ3n) is 4.92. The molecule has 0 saturated heterocycles. The second kappa shape index (κ2) is 6.41. The number of nitrogens with two attached hydrogens (primary N) is 1. The lowest BCUT2D eigenvalue weighted by Gasteiger charge is -2.13. The lowest BCUT2D eigenvalue weighted by Crippen LogP contribution is -2.11. The normalized spacial score (nSPS) is 13.0. The summed E-state index contributed by atoms with van der Waals surface area (Å²) in [4.78, 5) is 9.63. The molecule has 3 heterocycles. The summed E-state index contributed by atoms with van der Waals surface area (Å²) < 4.78 is 1.92. The summed E-state index contributed by atoms with van der Waals surface area (Å²) in [5, 5.41) is 7.93. The Morgan fingerprint density at radius 2 is 1.81 bits per heavy atom. The van der Waals surface area contributed by atoms with Gasteiger partial charge in [0.05, 0.1) is 11.2 Å². The highest BCUT2D eigenvalue weighted by atomic mass is 15.2. The Bertz CT molecular complexity index is 1120. The average Bonchev–Trinajstić information content (AvgIpc) is 3.30. The molecule has 1 aliphatic rings. The second-order valence-electron chi connectivity index (χ2n) is 6.70. The zero-order valence-electron chi connectivity index (χ0n) is 14.8. The standard InChI is InChI=1S/C21H20N6/c22-19-10-15-8-4-5-9-18(15)27(19)21-25-17-13-23-12-16(17)20(26-21)24-11-14-6-2-1-3-7-14/h1-10,23H,11-13,22H2,(H,24,25,26). The SMILES string of the molecule is Nc1cc2ccccc2n1-c1nc2c(c(NCc3ccccc3)n1)CNC2. The Kier molecular flexibility index (Phi) is 3.76. The number of aromatic nitrogens is 3. The van der Waals surface area contributed by atoms with Crippen LogP contribution in [-0.4, -0.2) is 14.5 Å². The summed E-state index contributed by atoms with van der Waals surface area (Å²) in [6.07, 6.45) is 0. The minimum Gasteiger partial charge on any atom is -0.385 e. The largest absolute Gasteiger partial charge is 0.385 e. The molecule has 1 aliphatic heterocycles. The molecule has 6 nitrogen and oxygen atoms in total. The first-order valence-electron chi connectivity index (χ1n) is 9.04. The van der Waals surface area contributed by atoms with Crippen molar-refractivity contribution < 1.29 is 0 Å². The number of nitrogens with zero attached hydrogens (tertiary/aromatic N) is 3. The Labute approximate surface area is 157 Å². The van der Waals surface area contributed by atoms with E-state index in [4.69, 9.17) is 15.7 Å². The number of nitrogen functional groups attached to an aromatic ring is 1. The summed E-state index contributed by atoms with van der Waals surface area (Å²) in [5.74, 6) is 2.10. The molecule has 0 amide bonds. The van der Waals surface area contributed by atoms with Gasteiger partial charge in [0.2, 0.25) is 5.95 Å². The maximum absolute atomic E-state index is 6.29. The van der Waals surface area contributed by atoms with E-state index in [-0.39, 0.29) is 0 Å². The lowest BCUT2D eigenvalue weighted by molar-refractivity contribution is 0.756. The highest BCUT2D eigenvalue weighted by Crippen LogP contribution is 2.28. The molecule has 5 rings (SSSR count). The van der Waals surface area contributed by atoms with E-state index < -0.39 is 0 Å².